The van der Waals surface area contributed by atoms with E-state index < -0.39 is 17.6 Å². The standard InChI is InChI=1S/C24H20F2N2O2/c1-14-3-5-16(6-4-14)23-19-9-10-28(13-17-11-18(25)7-8-21(17)26)24(19)27-15(2)20(23)12-22(29)30/h3-11H,12-13H2,1-2H3,(H,29,30). The van der Waals surface area contributed by atoms with Gasteiger partial charge in [-0.15, -0.1) is 0 Å². The maximum absolute atomic E-state index is 14.2. The third-order valence-electron chi connectivity index (χ3n) is 5.23. The molecule has 0 bridgehead atoms. The van der Waals surface area contributed by atoms with Crippen LogP contribution in [0.5, 0.6) is 0 Å². The molecule has 0 spiro atoms. The highest BCUT2D eigenvalue weighted by Gasteiger charge is 2.19. The molecule has 0 atom stereocenters. The molecule has 4 aromatic rings. The number of carboxylic acid groups (broad SMARTS) is 1. The van der Waals surface area contributed by atoms with Crippen molar-refractivity contribution >= 4 is 17.0 Å². The van der Waals surface area contributed by atoms with Crippen LogP contribution in [0.25, 0.3) is 22.2 Å². The lowest BCUT2D eigenvalue weighted by molar-refractivity contribution is -0.136. The monoisotopic (exact) mass is 406 g/mol. The SMILES string of the molecule is Cc1ccc(-c2c(CC(=O)O)c(C)nc3c2ccn3Cc2cc(F)ccc2F)cc1. The van der Waals surface area contributed by atoms with Crippen molar-refractivity contribution in [3.05, 3.63) is 88.7 Å². The van der Waals surface area contributed by atoms with E-state index in [1.807, 2.05) is 37.3 Å². The Labute approximate surface area is 172 Å². The van der Waals surface area contributed by atoms with E-state index >= 15 is 0 Å². The molecule has 0 unspecified atom stereocenters. The lowest BCUT2D eigenvalue weighted by Crippen LogP contribution is -2.08. The van der Waals surface area contributed by atoms with E-state index in [1.165, 1.54) is 6.07 Å². The number of aromatic nitrogens is 2. The molecule has 0 amide bonds. The minimum Gasteiger partial charge on any atom is -0.481 e. The van der Waals surface area contributed by atoms with E-state index in [4.69, 9.17) is 0 Å². The van der Waals surface area contributed by atoms with Crippen molar-refractivity contribution in [3.63, 3.8) is 0 Å². The van der Waals surface area contributed by atoms with Crippen LogP contribution in [0, 0.1) is 25.5 Å². The predicted molar refractivity (Wildman–Crippen MR) is 111 cm³/mol. The van der Waals surface area contributed by atoms with Crippen molar-refractivity contribution in [2.45, 2.75) is 26.8 Å². The van der Waals surface area contributed by atoms with E-state index in [2.05, 4.69) is 4.98 Å². The zero-order chi connectivity index (χ0) is 21.4. The maximum Gasteiger partial charge on any atom is 0.307 e. The number of rotatable bonds is 5. The largest absolute Gasteiger partial charge is 0.481 e. The summed E-state index contributed by atoms with van der Waals surface area (Å²) in [5.41, 5.74) is 4.85. The number of aryl methyl sites for hydroxylation is 2. The Morgan fingerprint density at radius 3 is 2.50 bits per heavy atom. The minimum absolute atomic E-state index is 0.116. The molecule has 1 N–H and O–H groups in total. The molecule has 2 aromatic carbocycles. The van der Waals surface area contributed by atoms with Gasteiger partial charge in [-0.1, -0.05) is 29.8 Å². The highest BCUT2D eigenvalue weighted by Crippen LogP contribution is 2.34. The Morgan fingerprint density at radius 1 is 1.07 bits per heavy atom. The number of carboxylic acids is 1. The average Bonchev–Trinajstić information content (AvgIpc) is 3.08. The van der Waals surface area contributed by atoms with Crippen LogP contribution in [-0.2, 0) is 17.8 Å². The number of nitrogens with zero attached hydrogens (tertiary/aromatic N) is 2. The van der Waals surface area contributed by atoms with Gasteiger partial charge in [0.2, 0.25) is 0 Å². The zero-order valence-corrected chi connectivity index (χ0v) is 16.6. The first-order chi connectivity index (χ1) is 14.3. The van der Waals surface area contributed by atoms with Crippen LogP contribution >= 0.6 is 0 Å². The van der Waals surface area contributed by atoms with Crippen molar-refractivity contribution in [1.82, 2.24) is 9.55 Å². The molecule has 0 fully saturated rings. The number of halogens is 2. The summed E-state index contributed by atoms with van der Waals surface area (Å²) >= 11 is 0. The van der Waals surface area contributed by atoms with Crippen molar-refractivity contribution in [2.75, 3.05) is 0 Å². The Balaban J connectivity index is 1.92. The maximum atomic E-state index is 14.2. The quantitative estimate of drug-likeness (QED) is 0.491. The van der Waals surface area contributed by atoms with Crippen molar-refractivity contribution in [1.29, 1.82) is 0 Å². The fourth-order valence-corrected chi connectivity index (χ4v) is 3.75. The molecule has 152 valence electrons. The van der Waals surface area contributed by atoms with Gasteiger partial charge in [-0.25, -0.2) is 13.8 Å². The Kier molecular flexibility index (Phi) is 5.08. The van der Waals surface area contributed by atoms with E-state index in [-0.39, 0.29) is 18.5 Å². The summed E-state index contributed by atoms with van der Waals surface area (Å²) in [6.07, 6.45) is 1.62. The highest BCUT2D eigenvalue weighted by atomic mass is 19.1. The summed E-state index contributed by atoms with van der Waals surface area (Å²) in [5.74, 6) is -1.93. The van der Waals surface area contributed by atoms with Crippen molar-refractivity contribution < 1.29 is 18.7 Å². The summed E-state index contributed by atoms with van der Waals surface area (Å²) in [7, 11) is 0. The Morgan fingerprint density at radius 2 is 1.80 bits per heavy atom. The molecule has 0 radical (unpaired) electrons. The fourth-order valence-electron chi connectivity index (χ4n) is 3.75. The van der Waals surface area contributed by atoms with Gasteiger partial charge in [-0.05, 0) is 54.8 Å². The Hall–Kier alpha value is -3.54. The number of hydrogen-bond acceptors (Lipinski definition) is 2. The molecular formula is C24H20F2N2O2. The first-order valence-corrected chi connectivity index (χ1v) is 9.54. The lowest BCUT2D eigenvalue weighted by Gasteiger charge is -2.15. The molecule has 4 rings (SSSR count). The van der Waals surface area contributed by atoms with Gasteiger partial charge in [0.25, 0.3) is 0 Å². The summed E-state index contributed by atoms with van der Waals surface area (Å²) in [6.45, 7) is 3.88. The number of fused-ring (bicyclic) bond motifs is 1. The van der Waals surface area contributed by atoms with Gasteiger partial charge in [0, 0.05) is 22.8 Å². The van der Waals surface area contributed by atoms with Gasteiger partial charge in [-0.3, -0.25) is 4.79 Å². The zero-order valence-electron chi connectivity index (χ0n) is 16.6. The van der Waals surface area contributed by atoms with Gasteiger partial charge >= 0.3 is 5.97 Å². The van der Waals surface area contributed by atoms with Crippen LogP contribution < -0.4 is 0 Å². The van der Waals surface area contributed by atoms with E-state index in [0.717, 1.165) is 34.2 Å². The third-order valence-corrected chi connectivity index (χ3v) is 5.23. The molecule has 0 aliphatic heterocycles. The van der Waals surface area contributed by atoms with Crippen LogP contribution in [-0.4, -0.2) is 20.6 Å². The van der Waals surface area contributed by atoms with E-state index in [1.54, 1.807) is 17.7 Å². The second-order valence-electron chi connectivity index (χ2n) is 7.40. The molecule has 0 aliphatic carbocycles. The van der Waals surface area contributed by atoms with Crippen LogP contribution in [0.4, 0.5) is 8.78 Å². The number of pyridine rings is 1. The number of aliphatic carboxylic acids is 1. The van der Waals surface area contributed by atoms with Crippen LogP contribution in [0.15, 0.2) is 54.7 Å². The molecule has 0 saturated heterocycles. The van der Waals surface area contributed by atoms with Gasteiger partial charge in [0.1, 0.15) is 17.3 Å². The highest BCUT2D eigenvalue weighted by molar-refractivity contribution is 5.97. The molecule has 2 heterocycles. The van der Waals surface area contributed by atoms with Crippen LogP contribution in [0.3, 0.4) is 0 Å². The van der Waals surface area contributed by atoms with E-state index in [9.17, 15) is 18.7 Å². The smallest absolute Gasteiger partial charge is 0.307 e. The molecule has 6 heteroatoms. The van der Waals surface area contributed by atoms with Gasteiger partial charge in [0.15, 0.2) is 0 Å². The van der Waals surface area contributed by atoms with Gasteiger partial charge in [-0.2, -0.15) is 0 Å². The first-order valence-electron chi connectivity index (χ1n) is 9.54. The lowest BCUT2D eigenvalue weighted by atomic mass is 9.94. The molecular weight excluding hydrogens is 386 g/mol. The topological polar surface area (TPSA) is 55.1 Å². The van der Waals surface area contributed by atoms with Gasteiger partial charge < -0.3 is 9.67 Å². The molecule has 4 nitrogen and oxygen atoms in total. The minimum atomic E-state index is -0.936. The van der Waals surface area contributed by atoms with E-state index in [0.29, 0.717) is 16.9 Å². The third kappa shape index (κ3) is 3.68. The van der Waals surface area contributed by atoms with Crippen LogP contribution in [0.2, 0.25) is 0 Å². The summed E-state index contributed by atoms with van der Waals surface area (Å²) in [6, 6.07) is 13.1. The van der Waals surface area contributed by atoms with Crippen molar-refractivity contribution in [3.8, 4) is 11.1 Å². The predicted octanol–water partition coefficient (Wildman–Crippen LogP) is 5.27. The summed E-state index contributed by atoms with van der Waals surface area (Å²) in [4.78, 5) is 16.1. The molecule has 0 aliphatic rings. The fraction of sp³-hybridized carbons (Fsp3) is 0.167. The number of carbonyl (C=O) groups is 1. The number of hydrogen-bond donors (Lipinski definition) is 1. The molecule has 2 aromatic heterocycles. The van der Waals surface area contributed by atoms with Gasteiger partial charge in [0.05, 0.1) is 13.0 Å². The molecule has 0 saturated carbocycles. The van der Waals surface area contributed by atoms with Crippen molar-refractivity contribution in [2.24, 2.45) is 0 Å². The average molecular weight is 406 g/mol. The Bertz CT molecular complexity index is 1260. The normalized spacial score (nSPS) is 11.2. The summed E-state index contributed by atoms with van der Waals surface area (Å²) in [5, 5.41) is 10.2. The second kappa shape index (κ2) is 7.71. The first kappa shape index (κ1) is 19.8. The second-order valence-corrected chi connectivity index (χ2v) is 7.40. The number of benzene rings is 2. The molecule has 30 heavy (non-hydrogen) atoms. The van der Waals surface area contributed by atoms with Crippen LogP contribution in [0.1, 0.15) is 22.4 Å². The summed E-state index contributed by atoms with van der Waals surface area (Å²) < 4.78 is 29.5.